The summed E-state index contributed by atoms with van der Waals surface area (Å²) >= 11 is 0. The van der Waals surface area contributed by atoms with Crippen LogP contribution in [-0.4, -0.2) is 41.9 Å². The van der Waals surface area contributed by atoms with Crippen molar-refractivity contribution in [2.75, 3.05) is 11.5 Å². The Morgan fingerprint density at radius 1 is 1.14 bits per heavy atom. The average Bonchev–Trinajstić information content (AvgIpc) is 3.35. The van der Waals surface area contributed by atoms with Crippen LogP contribution < -0.4 is 4.74 Å². The minimum Gasteiger partial charge on any atom is -0.433 e. The highest BCUT2D eigenvalue weighted by atomic mass is 32.2. The van der Waals surface area contributed by atoms with Crippen molar-refractivity contribution in [3.63, 3.8) is 0 Å². The summed E-state index contributed by atoms with van der Waals surface area (Å²) in [4.78, 5) is 17.2. The second-order valence-corrected chi connectivity index (χ2v) is 11.8. The number of ketones is 1. The number of benzene rings is 2. The topological polar surface area (TPSA) is 78.3 Å². The van der Waals surface area contributed by atoms with Crippen molar-refractivity contribution in [2.24, 2.45) is 5.41 Å². The van der Waals surface area contributed by atoms with E-state index >= 15 is 0 Å². The fourth-order valence-corrected chi connectivity index (χ4v) is 7.14. The van der Waals surface area contributed by atoms with E-state index in [4.69, 9.17) is 0 Å². The number of halogens is 3. The van der Waals surface area contributed by atoms with E-state index in [-0.39, 0.29) is 29.5 Å². The molecule has 1 fully saturated rings. The number of Topliss-reactive ketones (excluding diaryl/α,β-unsaturated/α-hetero) is 1. The number of rotatable bonds is 7. The summed E-state index contributed by atoms with van der Waals surface area (Å²) in [5.74, 6) is -0.619. The largest absolute Gasteiger partial charge is 0.433 e. The van der Waals surface area contributed by atoms with Crippen LogP contribution in [0.3, 0.4) is 0 Å². The number of hydrogen-bond donors (Lipinski definition) is 0. The molecule has 10 heteroatoms. The summed E-state index contributed by atoms with van der Waals surface area (Å²) in [5, 5.41) is 0.714. The standard InChI is InChI=1S/C27H23F3N2O4S/c1-27(8-9-37(34,35)16-27)12-25(33)17-2-7-22-23(18-10-21(14-31-13-18)36-26(29)30)15-32(24(22)11-17)20-5-3-19(28)4-6-20/h2-7,10-11,13-15,26H,8-9,12,16H2,1H3. The molecule has 0 aliphatic carbocycles. The van der Waals surface area contributed by atoms with Gasteiger partial charge in [-0.1, -0.05) is 19.1 Å². The zero-order valence-electron chi connectivity index (χ0n) is 19.8. The van der Waals surface area contributed by atoms with Gasteiger partial charge < -0.3 is 9.30 Å². The predicted octanol–water partition coefficient (Wildman–Crippen LogP) is 5.83. The van der Waals surface area contributed by atoms with Crippen molar-refractivity contribution < 1.29 is 31.1 Å². The van der Waals surface area contributed by atoms with E-state index in [0.717, 1.165) is 0 Å². The van der Waals surface area contributed by atoms with Gasteiger partial charge in [0.1, 0.15) is 11.6 Å². The van der Waals surface area contributed by atoms with Gasteiger partial charge in [0, 0.05) is 46.6 Å². The van der Waals surface area contributed by atoms with E-state index in [0.29, 0.717) is 39.7 Å². The van der Waals surface area contributed by atoms with Gasteiger partial charge in [0.15, 0.2) is 15.6 Å². The van der Waals surface area contributed by atoms with Crippen molar-refractivity contribution in [3.8, 4) is 22.6 Å². The summed E-state index contributed by atoms with van der Waals surface area (Å²) in [5.41, 5.74) is 2.23. The molecule has 6 nitrogen and oxygen atoms in total. The van der Waals surface area contributed by atoms with Gasteiger partial charge in [-0.3, -0.25) is 9.78 Å². The summed E-state index contributed by atoms with van der Waals surface area (Å²) in [6.45, 7) is -1.18. The number of alkyl halides is 2. The Labute approximate surface area is 211 Å². The summed E-state index contributed by atoms with van der Waals surface area (Å²) in [7, 11) is -3.15. The molecule has 2 aromatic carbocycles. The van der Waals surface area contributed by atoms with Crippen LogP contribution in [0, 0.1) is 11.2 Å². The van der Waals surface area contributed by atoms with E-state index in [1.165, 1.54) is 30.6 Å². The van der Waals surface area contributed by atoms with Crippen LogP contribution in [0.25, 0.3) is 27.7 Å². The van der Waals surface area contributed by atoms with Gasteiger partial charge in [-0.15, -0.1) is 0 Å². The highest BCUT2D eigenvalue weighted by Crippen LogP contribution is 2.38. The minimum atomic E-state index is -3.15. The molecule has 0 amide bonds. The molecule has 0 radical (unpaired) electrons. The lowest BCUT2D eigenvalue weighted by molar-refractivity contribution is -0.0500. The summed E-state index contributed by atoms with van der Waals surface area (Å²) < 4.78 is 69.4. The van der Waals surface area contributed by atoms with Gasteiger partial charge in [-0.25, -0.2) is 12.8 Å². The third-order valence-electron chi connectivity index (χ3n) is 6.65. The third kappa shape index (κ3) is 5.24. The van der Waals surface area contributed by atoms with Crippen molar-refractivity contribution in [3.05, 3.63) is 78.5 Å². The molecule has 3 heterocycles. The Morgan fingerprint density at radius 3 is 2.57 bits per heavy atom. The Hall–Kier alpha value is -3.66. The fourth-order valence-electron chi connectivity index (χ4n) is 4.89. The number of carbonyl (C=O) groups is 1. The molecule has 1 aliphatic rings. The van der Waals surface area contributed by atoms with Crippen LogP contribution in [0.1, 0.15) is 30.1 Å². The van der Waals surface area contributed by atoms with Crippen molar-refractivity contribution in [1.29, 1.82) is 0 Å². The monoisotopic (exact) mass is 528 g/mol. The molecule has 1 saturated heterocycles. The molecular formula is C27H23F3N2O4S. The number of pyridine rings is 1. The summed E-state index contributed by atoms with van der Waals surface area (Å²) in [6, 6.07) is 12.4. The smallest absolute Gasteiger partial charge is 0.387 e. The molecule has 4 aromatic rings. The third-order valence-corrected chi connectivity index (χ3v) is 8.62. The second-order valence-electron chi connectivity index (χ2n) is 9.66. The molecule has 1 aliphatic heterocycles. The first-order chi connectivity index (χ1) is 17.5. The first kappa shape index (κ1) is 25.0. The second kappa shape index (κ2) is 9.33. The Kier molecular flexibility index (Phi) is 6.31. The van der Waals surface area contributed by atoms with E-state index in [2.05, 4.69) is 9.72 Å². The molecule has 0 N–H and O–H groups in total. The molecule has 37 heavy (non-hydrogen) atoms. The zero-order valence-corrected chi connectivity index (χ0v) is 20.6. The lowest BCUT2D eigenvalue weighted by Crippen LogP contribution is -2.22. The summed E-state index contributed by atoms with van der Waals surface area (Å²) in [6.07, 6.45) is 5.00. The van der Waals surface area contributed by atoms with Crippen LogP contribution in [0.15, 0.2) is 67.1 Å². The first-order valence-electron chi connectivity index (χ1n) is 11.6. The maximum atomic E-state index is 13.6. The lowest BCUT2D eigenvalue weighted by atomic mass is 9.83. The van der Waals surface area contributed by atoms with Crippen molar-refractivity contribution in [1.82, 2.24) is 9.55 Å². The SMILES string of the molecule is CC1(CC(=O)c2ccc3c(-c4cncc(OC(F)F)c4)cn(-c4ccc(F)cc4)c3c2)CCS(=O)(=O)C1. The number of carbonyl (C=O) groups excluding carboxylic acids is 1. The van der Waals surface area contributed by atoms with Gasteiger partial charge in [-0.2, -0.15) is 8.78 Å². The Bertz CT molecular complexity index is 1600. The number of fused-ring (bicyclic) bond motifs is 1. The Morgan fingerprint density at radius 2 is 1.89 bits per heavy atom. The zero-order chi connectivity index (χ0) is 26.4. The quantitative estimate of drug-likeness (QED) is 0.282. The molecule has 2 aromatic heterocycles. The average molecular weight is 529 g/mol. The van der Waals surface area contributed by atoms with Crippen LogP contribution >= 0.6 is 0 Å². The normalized spacial score (nSPS) is 18.9. The molecule has 0 bridgehead atoms. The lowest BCUT2D eigenvalue weighted by Gasteiger charge is -2.20. The molecule has 1 atom stereocenters. The molecule has 0 spiro atoms. The number of hydrogen-bond acceptors (Lipinski definition) is 5. The molecule has 0 saturated carbocycles. The maximum absolute atomic E-state index is 13.6. The van der Waals surface area contributed by atoms with E-state index in [9.17, 15) is 26.4 Å². The van der Waals surface area contributed by atoms with Gasteiger partial charge in [-0.05, 0) is 48.2 Å². The van der Waals surface area contributed by atoms with E-state index < -0.39 is 27.7 Å². The van der Waals surface area contributed by atoms with E-state index in [1.807, 2.05) is 6.92 Å². The molecule has 1 unspecified atom stereocenters. The predicted molar refractivity (Wildman–Crippen MR) is 133 cm³/mol. The number of aromatic nitrogens is 2. The van der Waals surface area contributed by atoms with Crippen LogP contribution in [0.2, 0.25) is 0 Å². The van der Waals surface area contributed by atoms with Gasteiger partial charge in [0.25, 0.3) is 0 Å². The van der Waals surface area contributed by atoms with Crippen LogP contribution in [0.5, 0.6) is 5.75 Å². The number of sulfone groups is 1. The highest BCUT2D eigenvalue weighted by Gasteiger charge is 2.39. The highest BCUT2D eigenvalue weighted by molar-refractivity contribution is 7.91. The number of nitrogens with zero attached hydrogens (tertiary/aromatic N) is 2. The fraction of sp³-hybridized carbons (Fsp3) is 0.259. The van der Waals surface area contributed by atoms with E-state index in [1.54, 1.807) is 41.1 Å². The van der Waals surface area contributed by atoms with Crippen LogP contribution in [0.4, 0.5) is 13.2 Å². The maximum Gasteiger partial charge on any atom is 0.387 e. The molecule has 5 rings (SSSR count). The van der Waals surface area contributed by atoms with Gasteiger partial charge in [0.2, 0.25) is 0 Å². The van der Waals surface area contributed by atoms with Gasteiger partial charge >= 0.3 is 6.61 Å². The van der Waals surface area contributed by atoms with Crippen LogP contribution in [-0.2, 0) is 9.84 Å². The number of ether oxygens (including phenoxy) is 1. The molecular weight excluding hydrogens is 505 g/mol. The minimum absolute atomic E-state index is 0.0197. The van der Waals surface area contributed by atoms with Crippen molar-refractivity contribution >= 4 is 26.5 Å². The van der Waals surface area contributed by atoms with Crippen molar-refractivity contribution in [2.45, 2.75) is 26.4 Å². The Balaban J connectivity index is 1.59. The van der Waals surface area contributed by atoms with Gasteiger partial charge in [0.05, 0.1) is 23.2 Å². The molecule has 192 valence electrons. The first-order valence-corrected chi connectivity index (χ1v) is 13.4.